The molecule has 0 N–H and O–H groups in total. The van der Waals surface area contributed by atoms with Gasteiger partial charge in [-0.15, -0.1) is 0 Å². The van der Waals surface area contributed by atoms with Crippen molar-refractivity contribution < 1.29 is 0 Å². The second kappa shape index (κ2) is 1.98. The van der Waals surface area contributed by atoms with Gasteiger partial charge in [0.2, 0.25) is 0 Å². The molecule has 60 valence electrons. The Labute approximate surface area is 72.1 Å². The van der Waals surface area contributed by atoms with Gasteiger partial charge in [0, 0.05) is 6.20 Å². The van der Waals surface area contributed by atoms with E-state index in [0.717, 1.165) is 11.8 Å². The Hall–Kier alpha value is -1.11. The Kier molecular flexibility index (Phi) is 1.06. The molecular weight excluding hydrogens is 146 g/mol. The first-order valence-corrected chi connectivity index (χ1v) is 4.49. The highest BCUT2D eigenvalue weighted by molar-refractivity contribution is 5.60. The van der Waals surface area contributed by atoms with E-state index in [1.165, 1.54) is 23.3 Å². The van der Waals surface area contributed by atoms with E-state index < -0.39 is 0 Å². The molecule has 1 saturated carbocycles. The molecule has 0 bridgehead atoms. The fraction of sp³-hybridized carbons (Fsp3) is 0.364. The molecule has 1 heteroatoms. The molecule has 1 aromatic heterocycles. The predicted octanol–water partition coefficient (Wildman–Crippen LogP) is 2.60. The minimum atomic E-state index is 0.804. The fourth-order valence-corrected chi connectivity index (χ4v) is 2.23. The van der Waals surface area contributed by atoms with Gasteiger partial charge in [-0.3, -0.25) is 4.98 Å². The molecular formula is C11H11N. The summed E-state index contributed by atoms with van der Waals surface area (Å²) >= 11 is 0. The fourth-order valence-electron chi connectivity index (χ4n) is 2.23. The number of nitrogens with zero attached hydrogens (tertiary/aromatic N) is 1. The van der Waals surface area contributed by atoms with E-state index in [2.05, 4.69) is 24.1 Å². The van der Waals surface area contributed by atoms with Gasteiger partial charge in [0.15, 0.2) is 0 Å². The lowest BCUT2D eigenvalue weighted by atomic mass is 9.97. The maximum atomic E-state index is 4.37. The smallest absolute Gasteiger partial charge is 0.0664 e. The first kappa shape index (κ1) is 6.41. The zero-order valence-corrected chi connectivity index (χ0v) is 7.12. The molecule has 0 aromatic carbocycles. The maximum absolute atomic E-state index is 4.37. The standard InChI is InChI=1S/C11H11N/c1-7-5-11-8(3-2-4-12-11)10-6-9(7)10/h2-5,9-10H,6H2,1H3. The van der Waals surface area contributed by atoms with Crippen molar-refractivity contribution in [1.29, 1.82) is 0 Å². The molecule has 2 aliphatic rings. The molecule has 1 nitrogen and oxygen atoms in total. The Bertz CT molecular complexity index is 365. The molecule has 0 amide bonds. The lowest BCUT2D eigenvalue weighted by Gasteiger charge is -2.10. The topological polar surface area (TPSA) is 12.9 Å². The molecule has 0 spiro atoms. The first-order valence-electron chi connectivity index (χ1n) is 4.49. The van der Waals surface area contributed by atoms with Gasteiger partial charge in [0.05, 0.1) is 5.69 Å². The van der Waals surface area contributed by atoms with Crippen LogP contribution in [-0.2, 0) is 0 Å². The molecule has 1 heterocycles. The van der Waals surface area contributed by atoms with E-state index in [4.69, 9.17) is 0 Å². The van der Waals surface area contributed by atoms with Crippen LogP contribution in [0.3, 0.4) is 0 Å². The SMILES string of the molecule is CC1=Cc2ncccc2C2CC12. The summed E-state index contributed by atoms with van der Waals surface area (Å²) in [4.78, 5) is 4.37. The van der Waals surface area contributed by atoms with Crippen LogP contribution in [-0.4, -0.2) is 4.98 Å². The van der Waals surface area contributed by atoms with Gasteiger partial charge in [0.1, 0.15) is 0 Å². The van der Waals surface area contributed by atoms with Crippen molar-refractivity contribution in [3.05, 3.63) is 35.2 Å². The number of hydrogen-bond acceptors (Lipinski definition) is 1. The number of aromatic nitrogens is 1. The Morgan fingerprint density at radius 2 is 2.33 bits per heavy atom. The number of fused-ring (bicyclic) bond motifs is 3. The van der Waals surface area contributed by atoms with E-state index in [1.54, 1.807) is 0 Å². The Balaban J connectivity index is 2.23. The van der Waals surface area contributed by atoms with Crippen LogP contribution >= 0.6 is 0 Å². The number of allylic oxidation sites excluding steroid dienone is 1. The summed E-state index contributed by atoms with van der Waals surface area (Å²) in [7, 11) is 0. The number of pyridine rings is 1. The molecule has 2 unspecified atom stereocenters. The van der Waals surface area contributed by atoms with Gasteiger partial charge in [-0.25, -0.2) is 0 Å². The monoisotopic (exact) mass is 157 g/mol. The third-order valence-corrected chi connectivity index (χ3v) is 3.01. The van der Waals surface area contributed by atoms with Crippen molar-refractivity contribution in [3.63, 3.8) is 0 Å². The van der Waals surface area contributed by atoms with Crippen LogP contribution in [0, 0.1) is 5.92 Å². The summed E-state index contributed by atoms with van der Waals surface area (Å²) in [5.74, 6) is 1.65. The molecule has 2 atom stereocenters. The van der Waals surface area contributed by atoms with Gasteiger partial charge in [-0.1, -0.05) is 11.6 Å². The van der Waals surface area contributed by atoms with E-state index in [9.17, 15) is 0 Å². The van der Waals surface area contributed by atoms with Gasteiger partial charge < -0.3 is 0 Å². The van der Waals surface area contributed by atoms with Crippen molar-refractivity contribution in [2.45, 2.75) is 19.3 Å². The quantitative estimate of drug-likeness (QED) is 0.564. The number of rotatable bonds is 0. The highest BCUT2D eigenvalue weighted by Crippen LogP contribution is 2.55. The lowest BCUT2D eigenvalue weighted by Crippen LogP contribution is -1.97. The Morgan fingerprint density at radius 1 is 1.42 bits per heavy atom. The lowest BCUT2D eigenvalue weighted by molar-refractivity contribution is 0.914. The molecule has 12 heavy (non-hydrogen) atoms. The molecule has 0 aliphatic heterocycles. The minimum Gasteiger partial charge on any atom is -0.257 e. The molecule has 0 saturated heterocycles. The average Bonchev–Trinajstić information content (AvgIpc) is 2.84. The van der Waals surface area contributed by atoms with Gasteiger partial charge >= 0.3 is 0 Å². The van der Waals surface area contributed by atoms with Crippen molar-refractivity contribution in [3.8, 4) is 0 Å². The summed E-state index contributed by atoms with van der Waals surface area (Å²) in [6.45, 7) is 2.22. The molecule has 1 aromatic rings. The van der Waals surface area contributed by atoms with Crippen LogP contribution in [0.5, 0.6) is 0 Å². The van der Waals surface area contributed by atoms with Crippen LogP contribution in [0.1, 0.15) is 30.5 Å². The highest BCUT2D eigenvalue weighted by Gasteiger charge is 2.42. The third-order valence-electron chi connectivity index (χ3n) is 3.01. The van der Waals surface area contributed by atoms with E-state index in [1.807, 2.05) is 12.3 Å². The average molecular weight is 157 g/mol. The van der Waals surface area contributed by atoms with Crippen molar-refractivity contribution >= 4 is 6.08 Å². The summed E-state index contributed by atoms with van der Waals surface area (Å²) < 4.78 is 0. The van der Waals surface area contributed by atoms with Crippen LogP contribution < -0.4 is 0 Å². The second-order valence-electron chi connectivity index (χ2n) is 3.81. The number of hydrogen-bond donors (Lipinski definition) is 0. The van der Waals surface area contributed by atoms with E-state index >= 15 is 0 Å². The highest BCUT2D eigenvalue weighted by atomic mass is 14.7. The van der Waals surface area contributed by atoms with Gasteiger partial charge in [0.25, 0.3) is 0 Å². The van der Waals surface area contributed by atoms with Crippen LogP contribution in [0.4, 0.5) is 0 Å². The minimum absolute atomic E-state index is 0.804. The zero-order valence-electron chi connectivity index (χ0n) is 7.12. The Morgan fingerprint density at radius 3 is 3.25 bits per heavy atom. The first-order chi connectivity index (χ1) is 5.86. The summed E-state index contributed by atoms with van der Waals surface area (Å²) in [6, 6.07) is 4.26. The normalized spacial score (nSPS) is 30.2. The van der Waals surface area contributed by atoms with Crippen LogP contribution in [0.25, 0.3) is 6.08 Å². The van der Waals surface area contributed by atoms with Gasteiger partial charge in [-0.2, -0.15) is 0 Å². The summed E-state index contributed by atoms with van der Waals surface area (Å²) in [5.41, 5.74) is 4.19. The summed E-state index contributed by atoms with van der Waals surface area (Å²) in [5, 5.41) is 0. The van der Waals surface area contributed by atoms with Crippen molar-refractivity contribution in [2.24, 2.45) is 5.92 Å². The van der Waals surface area contributed by atoms with Crippen LogP contribution in [0.15, 0.2) is 23.9 Å². The predicted molar refractivity (Wildman–Crippen MR) is 48.7 cm³/mol. The molecule has 0 radical (unpaired) electrons. The molecule has 1 fully saturated rings. The van der Waals surface area contributed by atoms with Crippen molar-refractivity contribution in [1.82, 2.24) is 4.98 Å². The van der Waals surface area contributed by atoms with E-state index in [-0.39, 0.29) is 0 Å². The van der Waals surface area contributed by atoms with E-state index in [0.29, 0.717) is 0 Å². The second-order valence-corrected chi connectivity index (χ2v) is 3.81. The van der Waals surface area contributed by atoms with Crippen molar-refractivity contribution in [2.75, 3.05) is 0 Å². The maximum Gasteiger partial charge on any atom is 0.0664 e. The zero-order chi connectivity index (χ0) is 8.13. The third kappa shape index (κ3) is 0.711. The molecule has 2 aliphatic carbocycles. The summed E-state index contributed by atoms with van der Waals surface area (Å²) in [6.07, 6.45) is 5.47. The van der Waals surface area contributed by atoms with Gasteiger partial charge in [-0.05, 0) is 42.9 Å². The largest absolute Gasteiger partial charge is 0.257 e. The van der Waals surface area contributed by atoms with Crippen LogP contribution in [0.2, 0.25) is 0 Å². The molecule has 3 rings (SSSR count).